The van der Waals surface area contributed by atoms with Crippen LogP contribution in [0.4, 0.5) is 4.39 Å². The number of carbonyl (C=O) groups is 1. The second kappa shape index (κ2) is 6.67. The van der Waals surface area contributed by atoms with Crippen LogP contribution in [0.2, 0.25) is 0 Å². The molecule has 21 heavy (non-hydrogen) atoms. The molecule has 0 radical (unpaired) electrons. The number of halogens is 1. The van der Waals surface area contributed by atoms with Crippen LogP contribution in [0, 0.1) is 17.1 Å². The summed E-state index contributed by atoms with van der Waals surface area (Å²) < 4.78 is 18.8. The van der Waals surface area contributed by atoms with Gasteiger partial charge in [0.2, 0.25) is 0 Å². The lowest BCUT2D eigenvalue weighted by molar-refractivity contribution is -0.116. The number of Topliss-reactive ketones (excluding diaryl/α,β-unsaturated/α-hetero) is 1. The largest absolute Gasteiger partial charge is 0.489 e. The molecule has 2 rings (SSSR count). The van der Waals surface area contributed by atoms with Crippen LogP contribution in [0.5, 0.6) is 5.75 Å². The van der Waals surface area contributed by atoms with Gasteiger partial charge in [-0.1, -0.05) is 18.2 Å². The van der Waals surface area contributed by atoms with Crippen LogP contribution in [-0.4, -0.2) is 5.78 Å². The fourth-order valence-corrected chi connectivity index (χ4v) is 1.91. The summed E-state index contributed by atoms with van der Waals surface area (Å²) in [7, 11) is 0. The molecule has 0 N–H and O–H groups in total. The third-order valence-electron chi connectivity index (χ3n) is 2.93. The first-order chi connectivity index (χ1) is 10.1. The van der Waals surface area contributed by atoms with Gasteiger partial charge in [-0.05, 0) is 42.3 Å². The maximum atomic E-state index is 13.2. The predicted octanol–water partition coefficient (Wildman–Crippen LogP) is 3.41. The molecule has 2 aromatic carbocycles. The number of ether oxygens (including phenoxy) is 1. The van der Waals surface area contributed by atoms with Gasteiger partial charge in [-0.15, -0.1) is 0 Å². The third kappa shape index (κ3) is 4.15. The molecular formula is C17H14FNO2. The van der Waals surface area contributed by atoms with Crippen molar-refractivity contribution in [3.05, 3.63) is 65.0 Å². The van der Waals surface area contributed by atoms with Crippen LogP contribution in [0.3, 0.4) is 0 Å². The zero-order valence-electron chi connectivity index (χ0n) is 11.6. The Morgan fingerprint density at radius 1 is 1.19 bits per heavy atom. The molecule has 0 aliphatic heterocycles. The second-order valence-electron chi connectivity index (χ2n) is 4.74. The third-order valence-corrected chi connectivity index (χ3v) is 2.93. The highest BCUT2D eigenvalue weighted by molar-refractivity contribution is 5.78. The van der Waals surface area contributed by atoms with E-state index in [1.54, 1.807) is 31.2 Å². The maximum absolute atomic E-state index is 13.2. The van der Waals surface area contributed by atoms with E-state index < -0.39 is 5.82 Å². The molecule has 4 heteroatoms. The highest BCUT2D eigenvalue weighted by Crippen LogP contribution is 2.16. The molecule has 0 saturated carbocycles. The van der Waals surface area contributed by atoms with Gasteiger partial charge in [-0.3, -0.25) is 4.79 Å². The van der Waals surface area contributed by atoms with Crippen LogP contribution < -0.4 is 4.74 Å². The highest BCUT2D eigenvalue weighted by Gasteiger charge is 2.04. The minimum atomic E-state index is -0.533. The standard InChI is InChI=1S/C17H14FNO2/c1-12(20)8-13-2-5-16(6-3-13)21-11-14-4-7-17(18)15(9-14)10-19/h2-7,9H,8,11H2,1H3. The minimum absolute atomic E-state index is 0.00732. The lowest BCUT2D eigenvalue weighted by Crippen LogP contribution is -1.98. The van der Waals surface area contributed by atoms with Gasteiger partial charge in [0.25, 0.3) is 0 Å². The number of nitrogens with zero attached hydrogens (tertiary/aromatic N) is 1. The summed E-state index contributed by atoms with van der Waals surface area (Å²) in [5, 5.41) is 8.77. The lowest BCUT2D eigenvalue weighted by atomic mass is 10.1. The first-order valence-electron chi connectivity index (χ1n) is 6.48. The van der Waals surface area contributed by atoms with E-state index in [4.69, 9.17) is 10.00 Å². The number of benzene rings is 2. The average Bonchev–Trinajstić information content (AvgIpc) is 2.47. The number of hydrogen-bond acceptors (Lipinski definition) is 3. The van der Waals surface area contributed by atoms with Crippen LogP contribution in [0.15, 0.2) is 42.5 Å². The van der Waals surface area contributed by atoms with Gasteiger partial charge in [-0.25, -0.2) is 4.39 Å². The van der Waals surface area contributed by atoms with Crippen molar-refractivity contribution >= 4 is 5.78 Å². The van der Waals surface area contributed by atoms with Crippen LogP contribution in [0.25, 0.3) is 0 Å². The quantitative estimate of drug-likeness (QED) is 0.845. The first kappa shape index (κ1) is 14.7. The second-order valence-corrected chi connectivity index (χ2v) is 4.74. The van der Waals surface area contributed by atoms with E-state index in [1.165, 1.54) is 12.1 Å². The van der Waals surface area contributed by atoms with Gasteiger partial charge in [-0.2, -0.15) is 5.26 Å². The summed E-state index contributed by atoms with van der Waals surface area (Å²) >= 11 is 0. The van der Waals surface area contributed by atoms with Crippen molar-refractivity contribution in [2.75, 3.05) is 0 Å². The molecular weight excluding hydrogens is 269 g/mol. The van der Waals surface area contributed by atoms with E-state index in [0.717, 1.165) is 11.1 Å². The summed E-state index contributed by atoms with van der Waals surface area (Å²) in [5.41, 5.74) is 1.66. The summed E-state index contributed by atoms with van der Waals surface area (Å²) in [5.74, 6) is 0.235. The zero-order chi connectivity index (χ0) is 15.2. The molecule has 0 atom stereocenters. The van der Waals surface area contributed by atoms with E-state index >= 15 is 0 Å². The molecule has 0 aliphatic rings. The van der Waals surface area contributed by atoms with Crippen molar-refractivity contribution in [2.24, 2.45) is 0 Å². The summed E-state index contributed by atoms with van der Waals surface area (Å²) in [6.45, 7) is 1.80. The van der Waals surface area contributed by atoms with Crippen LogP contribution in [-0.2, 0) is 17.8 Å². The Labute approximate surface area is 122 Å². The molecule has 0 bridgehead atoms. The van der Waals surface area contributed by atoms with Crippen molar-refractivity contribution in [3.63, 3.8) is 0 Å². The molecule has 0 saturated heterocycles. The maximum Gasteiger partial charge on any atom is 0.140 e. The number of nitriles is 1. The Bertz CT molecular complexity index is 687. The van der Waals surface area contributed by atoms with Crippen molar-refractivity contribution in [3.8, 4) is 11.8 Å². The summed E-state index contributed by atoms with van der Waals surface area (Å²) in [4.78, 5) is 11.0. The normalized spacial score (nSPS) is 9.95. The first-order valence-corrected chi connectivity index (χ1v) is 6.48. The molecule has 0 amide bonds. The van der Waals surface area contributed by atoms with Crippen molar-refractivity contribution < 1.29 is 13.9 Å². The summed E-state index contributed by atoms with van der Waals surface area (Å²) in [6.07, 6.45) is 0.407. The Morgan fingerprint density at radius 2 is 1.86 bits per heavy atom. The Balaban J connectivity index is 2.00. The predicted molar refractivity (Wildman–Crippen MR) is 76.3 cm³/mol. The molecule has 3 nitrogen and oxygen atoms in total. The van der Waals surface area contributed by atoms with Gasteiger partial charge >= 0.3 is 0 Å². The smallest absolute Gasteiger partial charge is 0.140 e. The number of ketones is 1. The monoisotopic (exact) mass is 283 g/mol. The molecule has 0 heterocycles. The molecule has 0 aromatic heterocycles. The SMILES string of the molecule is CC(=O)Cc1ccc(OCc2ccc(F)c(C#N)c2)cc1. The van der Waals surface area contributed by atoms with E-state index in [-0.39, 0.29) is 18.0 Å². The molecule has 0 aliphatic carbocycles. The zero-order valence-corrected chi connectivity index (χ0v) is 11.6. The topological polar surface area (TPSA) is 50.1 Å². The number of rotatable bonds is 5. The minimum Gasteiger partial charge on any atom is -0.489 e. The molecule has 106 valence electrons. The highest BCUT2D eigenvalue weighted by atomic mass is 19.1. The van der Waals surface area contributed by atoms with E-state index in [1.807, 2.05) is 12.1 Å². The number of carbonyl (C=O) groups excluding carboxylic acids is 1. The van der Waals surface area contributed by atoms with E-state index in [0.29, 0.717) is 12.2 Å². The van der Waals surface area contributed by atoms with Crippen molar-refractivity contribution in [1.29, 1.82) is 5.26 Å². The number of hydrogen-bond donors (Lipinski definition) is 0. The fourth-order valence-electron chi connectivity index (χ4n) is 1.91. The molecule has 0 unspecified atom stereocenters. The Hall–Kier alpha value is -2.67. The van der Waals surface area contributed by atoms with Crippen molar-refractivity contribution in [1.82, 2.24) is 0 Å². The van der Waals surface area contributed by atoms with E-state index in [9.17, 15) is 9.18 Å². The lowest BCUT2D eigenvalue weighted by Gasteiger charge is -2.07. The van der Waals surface area contributed by atoms with Crippen molar-refractivity contribution in [2.45, 2.75) is 20.0 Å². The fraction of sp³-hybridized carbons (Fsp3) is 0.176. The Morgan fingerprint density at radius 3 is 2.48 bits per heavy atom. The average molecular weight is 283 g/mol. The van der Waals surface area contributed by atoms with Gasteiger partial charge < -0.3 is 4.74 Å². The Kier molecular flexibility index (Phi) is 4.68. The molecule has 0 spiro atoms. The molecule has 2 aromatic rings. The van der Waals surface area contributed by atoms with Crippen LogP contribution in [0.1, 0.15) is 23.6 Å². The van der Waals surface area contributed by atoms with Gasteiger partial charge in [0, 0.05) is 6.42 Å². The summed E-state index contributed by atoms with van der Waals surface area (Å²) in [6, 6.07) is 13.3. The molecule has 0 fully saturated rings. The van der Waals surface area contributed by atoms with Gasteiger partial charge in [0.1, 0.15) is 30.0 Å². The van der Waals surface area contributed by atoms with Gasteiger partial charge in [0.15, 0.2) is 0 Å². The van der Waals surface area contributed by atoms with Gasteiger partial charge in [0.05, 0.1) is 5.56 Å². The van der Waals surface area contributed by atoms with Crippen LogP contribution >= 0.6 is 0 Å². The van der Waals surface area contributed by atoms with E-state index in [2.05, 4.69) is 0 Å².